The molecule has 8 heteroatoms. The molecule has 0 bridgehead atoms. The summed E-state index contributed by atoms with van der Waals surface area (Å²) in [5, 5.41) is 5.05. The van der Waals surface area contributed by atoms with Gasteiger partial charge in [-0.05, 0) is 23.6 Å². The number of rotatable bonds is 8. The van der Waals surface area contributed by atoms with Gasteiger partial charge in [0.25, 0.3) is 0 Å². The second-order valence-electron chi connectivity index (χ2n) is 4.66. The van der Waals surface area contributed by atoms with Gasteiger partial charge in [0.1, 0.15) is 10.0 Å². The van der Waals surface area contributed by atoms with Crippen LogP contribution in [0.2, 0.25) is 0 Å². The third-order valence-corrected chi connectivity index (χ3v) is 5.98. The van der Waals surface area contributed by atoms with Crippen LogP contribution in [0.1, 0.15) is 18.3 Å². The third-order valence-electron chi connectivity index (χ3n) is 3.04. The van der Waals surface area contributed by atoms with Gasteiger partial charge in [-0.15, -0.1) is 11.3 Å². The van der Waals surface area contributed by atoms with Gasteiger partial charge in [0.2, 0.25) is 10.0 Å². The Hall–Kier alpha value is -1.22. The quantitative estimate of drug-likeness (QED) is 0.761. The predicted molar refractivity (Wildman–Crippen MR) is 83.8 cm³/mol. The minimum absolute atomic E-state index is 0.341. The highest BCUT2D eigenvalue weighted by molar-refractivity contribution is 7.91. The first kappa shape index (κ1) is 16.2. The van der Waals surface area contributed by atoms with Gasteiger partial charge in [0.15, 0.2) is 0 Å². The molecule has 0 saturated heterocycles. The smallest absolute Gasteiger partial charge is 0.250 e. The molecule has 0 saturated carbocycles. The number of aryl methyl sites for hydroxylation is 1. The normalized spacial score (nSPS) is 11.9. The second-order valence-corrected chi connectivity index (χ2v) is 7.56. The zero-order chi connectivity index (χ0) is 15.3. The highest BCUT2D eigenvalue weighted by Crippen LogP contribution is 2.19. The second kappa shape index (κ2) is 7.17. The summed E-state index contributed by atoms with van der Waals surface area (Å²) in [5.74, 6) is 0.858. The van der Waals surface area contributed by atoms with Crippen LogP contribution >= 0.6 is 11.3 Å². The Morgan fingerprint density at radius 1 is 1.43 bits per heavy atom. The average Bonchev–Trinajstić information content (AvgIpc) is 3.06. The van der Waals surface area contributed by atoms with Crippen LogP contribution in [0, 0.1) is 0 Å². The van der Waals surface area contributed by atoms with Gasteiger partial charge >= 0.3 is 0 Å². The van der Waals surface area contributed by atoms with Crippen molar-refractivity contribution in [3.05, 3.63) is 35.2 Å². The molecule has 0 spiro atoms. The molecule has 2 aromatic rings. The molecular formula is C13H20N4O2S2. The summed E-state index contributed by atoms with van der Waals surface area (Å²) in [6, 6.07) is 1.72. The SMILES string of the molecule is CCNCc1csc(S(=O)(=O)NCCc2nccn2C)c1. The minimum Gasteiger partial charge on any atom is -0.338 e. The van der Waals surface area contributed by atoms with E-state index in [1.165, 1.54) is 11.3 Å². The Morgan fingerprint density at radius 3 is 2.90 bits per heavy atom. The number of sulfonamides is 1. The van der Waals surface area contributed by atoms with Gasteiger partial charge in [-0.2, -0.15) is 0 Å². The maximum absolute atomic E-state index is 12.2. The molecule has 2 heterocycles. The van der Waals surface area contributed by atoms with Crippen molar-refractivity contribution in [1.82, 2.24) is 19.6 Å². The first-order valence-corrected chi connectivity index (χ1v) is 9.13. The van der Waals surface area contributed by atoms with Crippen molar-refractivity contribution >= 4 is 21.4 Å². The van der Waals surface area contributed by atoms with Gasteiger partial charge < -0.3 is 9.88 Å². The molecule has 116 valence electrons. The van der Waals surface area contributed by atoms with Crippen molar-refractivity contribution < 1.29 is 8.42 Å². The van der Waals surface area contributed by atoms with Crippen molar-refractivity contribution in [3.63, 3.8) is 0 Å². The Balaban J connectivity index is 1.92. The molecule has 0 unspecified atom stereocenters. The Labute approximate surface area is 129 Å². The van der Waals surface area contributed by atoms with E-state index in [2.05, 4.69) is 15.0 Å². The molecule has 2 aromatic heterocycles. The predicted octanol–water partition coefficient (Wildman–Crippen LogP) is 1.11. The van der Waals surface area contributed by atoms with E-state index < -0.39 is 10.0 Å². The van der Waals surface area contributed by atoms with E-state index in [0.29, 0.717) is 23.7 Å². The van der Waals surface area contributed by atoms with Gasteiger partial charge in [-0.25, -0.2) is 18.1 Å². The average molecular weight is 328 g/mol. The zero-order valence-corrected chi connectivity index (χ0v) is 13.8. The van der Waals surface area contributed by atoms with Crippen molar-refractivity contribution in [2.24, 2.45) is 7.05 Å². The van der Waals surface area contributed by atoms with E-state index in [0.717, 1.165) is 17.9 Å². The molecule has 6 nitrogen and oxygen atoms in total. The van der Waals surface area contributed by atoms with Crippen LogP contribution in [0.25, 0.3) is 0 Å². The summed E-state index contributed by atoms with van der Waals surface area (Å²) in [6.07, 6.45) is 4.12. The molecule has 0 fully saturated rings. The van der Waals surface area contributed by atoms with E-state index >= 15 is 0 Å². The number of thiophene rings is 1. The lowest BCUT2D eigenvalue weighted by molar-refractivity contribution is 0.582. The van der Waals surface area contributed by atoms with E-state index in [-0.39, 0.29) is 0 Å². The van der Waals surface area contributed by atoms with E-state index in [1.807, 2.05) is 30.1 Å². The Bertz CT molecular complexity index is 676. The fourth-order valence-electron chi connectivity index (χ4n) is 1.86. The molecule has 0 aliphatic heterocycles. The van der Waals surface area contributed by atoms with E-state index in [1.54, 1.807) is 12.3 Å². The van der Waals surface area contributed by atoms with Crippen LogP contribution in [-0.4, -0.2) is 31.1 Å². The topological polar surface area (TPSA) is 76.0 Å². The summed E-state index contributed by atoms with van der Waals surface area (Å²) in [5.41, 5.74) is 0.992. The zero-order valence-electron chi connectivity index (χ0n) is 12.2. The van der Waals surface area contributed by atoms with E-state index in [9.17, 15) is 8.42 Å². The maximum atomic E-state index is 12.2. The van der Waals surface area contributed by atoms with Crippen LogP contribution in [0.3, 0.4) is 0 Å². The number of nitrogens with zero attached hydrogens (tertiary/aromatic N) is 2. The van der Waals surface area contributed by atoms with Gasteiger partial charge in [0, 0.05) is 39.0 Å². The molecule has 0 amide bonds. The van der Waals surface area contributed by atoms with Crippen LogP contribution in [0.15, 0.2) is 28.0 Å². The standard InChI is InChI=1S/C13H20N4O2S2/c1-3-14-9-11-8-13(20-10-11)21(18,19)16-5-4-12-15-6-7-17(12)2/h6-8,10,14,16H,3-5,9H2,1-2H3. The molecular weight excluding hydrogens is 308 g/mol. The van der Waals surface area contributed by atoms with E-state index in [4.69, 9.17) is 0 Å². The number of hydrogen-bond acceptors (Lipinski definition) is 5. The van der Waals surface area contributed by atoms with Gasteiger partial charge in [-0.3, -0.25) is 0 Å². The van der Waals surface area contributed by atoms with Gasteiger partial charge in [0.05, 0.1) is 0 Å². The van der Waals surface area contributed by atoms with Crippen molar-refractivity contribution in [2.45, 2.75) is 24.1 Å². The van der Waals surface area contributed by atoms with Crippen LogP contribution in [0.5, 0.6) is 0 Å². The lowest BCUT2D eigenvalue weighted by Gasteiger charge is -2.05. The highest BCUT2D eigenvalue weighted by Gasteiger charge is 2.16. The Morgan fingerprint density at radius 2 is 2.24 bits per heavy atom. The minimum atomic E-state index is -3.43. The lowest BCUT2D eigenvalue weighted by Crippen LogP contribution is -2.26. The summed E-state index contributed by atoms with van der Waals surface area (Å²) < 4.78 is 29.2. The Kier molecular flexibility index (Phi) is 5.51. The third kappa shape index (κ3) is 4.37. The number of hydrogen-bond donors (Lipinski definition) is 2. The van der Waals surface area contributed by atoms with Crippen molar-refractivity contribution in [1.29, 1.82) is 0 Å². The summed E-state index contributed by atoms with van der Waals surface area (Å²) >= 11 is 1.25. The first-order valence-electron chi connectivity index (χ1n) is 6.77. The summed E-state index contributed by atoms with van der Waals surface area (Å²) in [7, 11) is -1.53. The van der Waals surface area contributed by atoms with Crippen LogP contribution < -0.4 is 10.0 Å². The fraction of sp³-hybridized carbons (Fsp3) is 0.462. The van der Waals surface area contributed by atoms with Crippen LogP contribution in [-0.2, 0) is 30.0 Å². The maximum Gasteiger partial charge on any atom is 0.250 e. The monoisotopic (exact) mass is 328 g/mol. The van der Waals surface area contributed by atoms with Crippen LogP contribution in [0.4, 0.5) is 0 Å². The van der Waals surface area contributed by atoms with Crippen molar-refractivity contribution in [3.8, 4) is 0 Å². The molecule has 21 heavy (non-hydrogen) atoms. The number of imidazole rings is 1. The summed E-state index contributed by atoms with van der Waals surface area (Å²) in [6.45, 7) is 3.91. The van der Waals surface area contributed by atoms with Gasteiger partial charge in [-0.1, -0.05) is 6.92 Å². The molecule has 2 rings (SSSR count). The first-order chi connectivity index (χ1) is 10.0. The molecule has 0 radical (unpaired) electrons. The lowest BCUT2D eigenvalue weighted by atomic mass is 10.3. The molecule has 2 N–H and O–H groups in total. The fourth-order valence-corrected chi connectivity index (χ4v) is 4.15. The molecule has 0 aliphatic carbocycles. The molecule has 0 aliphatic rings. The molecule has 0 atom stereocenters. The van der Waals surface area contributed by atoms with Crippen molar-refractivity contribution in [2.75, 3.05) is 13.1 Å². The largest absolute Gasteiger partial charge is 0.338 e. The number of nitrogens with one attached hydrogen (secondary N) is 2. The number of aromatic nitrogens is 2. The molecule has 0 aromatic carbocycles. The summed E-state index contributed by atoms with van der Waals surface area (Å²) in [4.78, 5) is 4.17. The highest BCUT2D eigenvalue weighted by atomic mass is 32.2.